The SMILES string of the molecule is Cc1ccc(C/C(N)=N/NN)cc1. The molecule has 0 atom stereocenters. The molecule has 0 aliphatic carbocycles. The van der Waals surface area contributed by atoms with Crippen molar-refractivity contribution < 1.29 is 0 Å². The lowest BCUT2D eigenvalue weighted by atomic mass is 10.1. The van der Waals surface area contributed by atoms with Crippen LogP contribution >= 0.6 is 0 Å². The van der Waals surface area contributed by atoms with Crippen LogP contribution in [0.3, 0.4) is 0 Å². The molecule has 1 aromatic rings. The van der Waals surface area contributed by atoms with Gasteiger partial charge in [0, 0.05) is 6.42 Å². The fraction of sp³-hybridized carbons (Fsp3) is 0.222. The topological polar surface area (TPSA) is 76.4 Å². The Morgan fingerprint density at radius 3 is 2.54 bits per heavy atom. The summed E-state index contributed by atoms with van der Waals surface area (Å²) >= 11 is 0. The Labute approximate surface area is 77.6 Å². The van der Waals surface area contributed by atoms with Gasteiger partial charge in [0.2, 0.25) is 0 Å². The maximum Gasteiger partial charge on any atom is 0.125 e. The van der Waals surface area contributed by atoms with Crippen LogP contribution in [0.2, 0.25) is 0 Å². The molecule has 0 aromatic heterocycles. The average molecular weight is 178 g/mol. The van der Waals surface area contributed by atoms with Crippen molar-refractivity contribution in [1.29, 1.82) is 0 Å². The van der Waals surface area contributed by atoms with E-state index < -0.39 is 0 Å². The van der Waals surface area contributed by atoms with Gasteiger partial charge in [0.1, 0.15) is 5.84 Å². The molecule has 70 valence electrons. The number of hydrogen-bond donors (Lipinski definition) is 3. The normalized spacial score (nSPS) is 11.4. The summed E-state index contributed by atoms with van der Waals surface area (Å²) in [7, 11) is 0. The van der Waals surface area contributed by atoms with Crippen molar-refractivity contribution in [2.45, 2.75) is 13.3 Å². The van der Waals surface area contributed by atoms with E-state index in [0.717, 1.165) is 5.56 Å². The highest BCUT2D eigenvalue weighted by atomic mass is 15.5. The molecule has 0 heterocycles. The quantitative estimate of drug-likeness (QED) is 0.269. The number of nitrogens with one attached hydrogen (secondary N) is 1. The van der Waals surface area contributed by atoms with Crippen molar-refractivity contribution in [1.82, 2.24) is 5.53 Å². The molecule has 0 saturated carbocycles. The average Bonchev–Trinajstić information content (AvgIpc) is 2.09. The predicted octanol–water partition coefficient (Wildman–Crippen LogP) is 0.273. The minimum atomic E-state index is 0.478. The van der Waals surface area contributed by atoms with E-state index in [2.05, 4.69) is 10.6 Å². The molecule has 0 unspecified atom stereocenters. The Morgan fingerprint density at radius 2 is 2.00 bits per heavy atom. The highest BCUT2D eigenvalue weighted by Crippen LogP contribution is 2.03. The Morgan fingerprint density at radius 1 is 1.38 bits per heavy atom. The number of hydrazone groups is 1. The van der Waals surface area contributed by atoms with Crippen LogP contribution in [-0.2, 0) is 6.42 Å². The van der Waals surface area contributed by atoms with Crippen molar-refractivity contribution in [2.75, 3.05) is 0 Å². The lowest BCUT2D eigenvalue weighted by Gasteiger charge is -2.01. The molecule has 0 radical (unpaired) electrons. The zero-order chi connectivity index (χ0) is 9.68. The minimum Gasteiger partial charge on any atom is -0.385 e. The van der Waals surface area contributed by atoms with Crippen molar-refractivity contribution in [3.8, 4) is 0 Å². The van der Waals surface area contributed by atoms with Crippen molar-refractivity contribution in [2.24, 2.45) is 16.7 Å². The van der Waals surface area contributed by atoms with E-state index in [1.54, 1.807) is 0 Å². The molecule has 0 amide bonds. The van der Waals surface area contributed by atoms with Gasteiger partial charge in [0.15, 0.2) is 0 Å². The molecular formula is C9H14N4. The summed E-state index contributed by atoms with van der Waals surface area (Å²) in [6.45, 7) is 2.04. The lowest BCUT2D eigenvalue weighted by Crippen LogP contribution is -2.23. The summed E-state index contributed by atoms with van der Waals surface area (Å²) in [5.41, 5.74) is 10.1. The van der Waals surface area contributed by atoms with E-state index in [9.17, 15) is 0 Å². The molecule has 0 aliphatic heterocycles. The number of benzene rings is 1. The Balaban J connectivity index is 2.64. The number of aryl methyl sites for hydroxylation is 1. The molecule has 5 N–H and O–H groups in total. The number of rotatable bonds is 3. The maximum atomic E-state index is 5.56. The van der Waals surface area contributed by atoms with Crippen LogP contribution in [0.1, 0.15) is 11.1 Å². The standard InChI is InChI=1S/C9H14N4/c1-7-2-4-8(5-3-7)6-9(10)12-13-11/h2-5,13H,6,11H2,1H3,(H2,10,12). The second-order valence-electron chi connectivity index (χ2n) is 2.89. The number of nitrogens with zero attached hydrogens (tertiary/aromatic N) is 1. The molecule has 4 nitrogen and oxygen atoms in total. The van der Waals surface area contributed by atoms with E-state index in [-0.39, 0.29) is 0 Å². The van der Waals surface area contributed by atoms with Crippen LogP contribution in [0.5, 0.6) is 0 Å². The molecular weight excluding hydrogens is 164 g/mol. The predicted molar refractivity (Wildman–Crippen MR) is 53.8 cm³/mol. The highest BCUT2D eigenvalue weighted by molar-refractivity contribution is 5.82. The van der Waals surface area contributed by atoms with Crippen LogP contribution < -0.4 is 17.1 Å². The molecule has 4 heteroatoms. The van der Waals surface area contributed by atoms with Gasteiger partial charge in [-0.3, -0.25) is 0 Å². The van der Waals surface area contributed by atoms with Crippen LogP contribution in [0.15, 0.2) is 29.4 Å². The minimum absolute atomic E-state index is 0.478. The summed E-state index contributed by atoms with van der Waals surface area (Å²) in [5, 5.41) is 3.66. The first kappa shape index (κ1) is 9.54. The van der Waals surface area contributed by atoms with Gasteiger partial charge in [-0.25, -0.2) is 11.4 Å². The van der Waals surface area contributed by atoms with Gasteiger partial charge in [0.05, 0.1) is 0 Å². The Hall–Kier alpha value is -1.55. The van der Waals surface area contributed by atoms with Crippen LogP contribution in [0, 0.1) is 6.92 Å². The van der Waals surface area contributed by atoms with E-state index in [4.69, 9.17) is 11.6 Å². The van der Waals surface area contributed by atoms with Gasteiger partial charge in [-0.05, 0) is 12.5 Å². The van der Waals surface area contributed by atoms with Crippen LogP contribution in [-0.4, -0.2) is 5.84 Å². The van der Waals surface area contributed by atoms with Gasteiger partial charge in [-0.2, -0.15) is 5.10 Å². The third kappa shape index (κ3) is 3.13. The molecule has 0 bridgehead atoms. The van der Waals surface area contributed by atoms with E-state index in [1.807, 2.05) is 31.2 Å². The number of hydrazine groups is 1. The van der Waals surface area contributed by atoms with E-state index in [0.29, 0.717) is 12.3 Å². The zero-order valence-electron chi connectivity index (χ0n) is 7.62. The largest absolute Gasteiger partial charge is 0.385 e. The summed E-state index contributed by atoms with van der Waals surface area (Å²) in [4.78, 5) is 0. The van der Waals surface area contributed by atoms with Gasteiger partial charge in [-0.1, -0.05) is 29.8 Å². The van der Waals surface area contributed by atoms with E-state index in [1.165, 1.54) is 5.56 Å². The van der Waals surface area contributed by atoms with Crippen molar-refractivity contribution in [3.63, 3.8) is 0 Å². The monoisotopic (exact) mass is 178 g/mol. The molecule has 0 saturated heterocycles. The van der Waals surface area contributed by atoms with Crippen LogP contribution in [0.4, 0.5) is 0 Å². The first-order valence-electron chi connectivity index (χ1n) is 4.05. The molecule has 0 aliphatic rings. The first-order valence-corrected chi connectivity index (χ1v) is 4.05. The summed E-state index contributed by atoms with van der Waals surface area (Å²) < 4.78 is 0. The molecule has 1 rings (SSSR count). The number of amidine groups is 1. The second kappa shape index (κ2) is 4.47. The number of hydrogen-bond acceptors (Lipinski definition) is 3. The van der Waals surface area contributed by atoms with Gasteiger partial charge < -0.3 is 5.73 Å². The first-order chi connectivity index (χ1) is 6.22. The molecule has 0 spiro atoms. The third-order valence-corrected chi connectivity index (χ3v) is 1.71. The van der Waals surface area contributed by atoms with Crippen molar-refractivity contribution >= 4 is 5.84 Å². The fourth-order valence-corrected chi connectivity index (χ4v) is 1.04. The Bertz CT molecular complexity index is 289. The maximum absolute atomic E-state index is 5.56. The second-order valence-corrected chi connectivity index (χ2v) is 2.89. The number of nitrogens with two attached hydrogens (primary N) is 2. The third-order valence-electron chi connectivity index (χ3n) is 1.71. The Kier molecular flexibility index (Phi) is 3.28. The van der Waals surface area contributed by atoms with Gasteiger partial charge in [-0.15, -0.1) is 0 Å². The molecule has 0 fully saturated rings. The lowest BCUT2D eigenvalue weighted by molar-refractivity contribution is 0.799. The van der Waals surface area contributed by atoms with Crippen molar-refractivity contribution in [3.05, 3.63) is 35.4 Å². The highest BCUT2D eigenvalue weighted by Gasteiger charge is 1.95. The van der Waals surface area contributed by atoms with E-state index >= 15 is 0 Å². The summed E-state index contributed by atoms with van der Waals surface area (Å²) in [5.74, 6) is 5.47. The summed E-state index contributed by atoms with van der Waals surface area (Å²) in [6, 6.07) is 8.12. The van der Waals surface area contributed by atoms with Crippen LogP contribution in [0.25, 0.3) is 0 Å². The fourth-order valence-electron chi connectivity index (χ4n) is 1.04. The summed E-state index contributed by atoms with van der Waals surface area (Å²) in [6.07, 6.45) is 0.616. The smallest absolute Gasteiger partial charge is 0.125 e. The molecule has 13 heavy (non-hydrogen) atoms. The molecule has 1 aromatic carbocycles. The zero-order valence-corrected chi connectivity index (χ0v) is 7.62. The van der Waals surface area contributed by atoms with Gasteiger partial charge >= 0.3 is 0 Å². The van der Waals surface area contributed by atoms with Gasteiger partial charge in [0.25, 0.3) is 0 Å².